The third kappa shape index (κ3) is 2.17. The summed E-state index contributed by atoms with van der Waals surface area (Å²) in [6.07, 6.45) is 3.41. The van der Waals surface area contributed by atoms with Gasteiger partial charge in [0.05, 0.1) is 11.1 Å². The highest BCUT2D eigenvalue weighted by Gasteiger charge is 2.04. The van der Waals surface area contributed by atoms with Crippen molar-refractivity contribution in [1.29, 1.82) is 0 Å². The summed E-state index contributed by atoms with van der Waals surface area (Å²) in [4.78, 5) is 3.86. The van der Waals surface area contributed by atoms with Gasteiger partial charge in [0.1, 0.15) is 0 Å². The first-order valence-electron chi connectivity index (χ1n) is 3.52. The third-order valence-electron chi connectivity index (χ3n) is 1.50. The fraction of sp³-hybridized carbons (Fsp3) is 0.375. The first-order valence-corrected chi connectivity index (χ1v) is 3.90. The van der Waals surface area contributed by atoms with Gasteiger partial charge in [-0.15, -0.1) is 0 Å². The summed E-state index contributed by atoms with van der Waals surface area (Å²) in [5.41, 5.74) is 0.778. The summed E-state index contributed by atoms with van der Waals surface area (Å²) in [6, 6.07) is 1.72. The Balaban J connectivity index is 2.86. The van der Waals surface area contributed by atoms with E-state index in [4.69, 9.17) is 11.6 Å². The second kappa shape index (κ2) is 3.69. The fourth-order valence-corrected chi connectivity index (χ4v) is 1.03. The quantitative estimate of drug-likeness (QED) is 0.740. The molecule has 0 aromatic carbocycles. The van der Waals surface area contributed by atoms with E-state index in [-0.39, 0.29) is 0 Å². The molecule has 1 rings (SSSR count). The number of aromatic nitrogens is 1. The Morgan fingerprint density at radius 1 is 1.64 bits per heavy atom. The summed E-state index contributed by atoms with van der Waals surface area (Å²) in [5, 5.41) is 9.92. The number of aliphatic hydroxyl groups excluding tert-OH is 1. The molecule has 60 valence electrons. The Morgan fingerprint density at radius 3 is 2.91 bits per heavy atom. The Labute approximate surface area is 70.8 Å². The van der Waals surface area contributed by atoms with Gasteiger partial charge in [-0.3, -0.25) is 4.98 Å². The lowest BCUT2D eigenvalue weighted by Gasteiger charge is -2.06. The molecule has 2 nitrogen and oxygen atoms in total. The zero-order chi connectivity index (χ0) is 8.27. The van der Waals surface area contributed by atoms with Crippen molar-refractivity contribution in [3.05, 3.63) is 29.0 Å². The molecule has 1 aromatic rings. The highest BCUT2D eigenvalue weighted by atomic mass is 35.5. The summed E-state index contributed by atoms with van der Waals surface area (Å²) in [7, 11) is 0. The van der Waals surface area contributed by atoms with E-state index in [0.717, 1.165) is 5.56 Å². The summed E-state index contributed by atoms with van der Waals surface area (Å²) in [6.45, 7) is 1.91. The van der Waals surface area contributed by atoms with Gasteiger partial charge in [-0.25, -0.2) is 0 Å². The van der Waals surface area contributed by atoms with Crippen molar-refractivity contribution in [2.75, 3.05) is 0 Å². The van der Waals surface area contributed by atoms with Crippen LogP contribution in [0, 0.1) is 0 Å². The van der Waals surface area contributed by atoms with Crippen LogP contribution in [0.5, 0.6) is 0 Å². The molecule has 0 bridgehead atoms. The molecule has 0 aliphatic rings. The van der Waals surface area contributed by atoms with Crippen LogP contribution < -0.4 is 0 Å². The topological polar surface area (TPSA) is 33.1 Å². The Hall–Kier alpha value is -0.600. The Morgan fingerprint density at radius 2 is 2.36 bits per heavy atom. The monoisotopic (exact) mass is 171 g/mol. The predicted molar refractivity (Wildman–Crippen MR) is 44.5 cm³/mol. The maximum absolute atomic E-state index is 9.36. The van der Waals surface area contributed by atoms with Crippen molar-refractivity contribution in [2.45, 2.75) is 19.4 Å². The number of rotatable bonds is 2. The maximum Gasteiger partial charge on any atom is 0.0802 e. The Bertz CT molecular complexity index is 239. The predicted octanol–water partition coefficient (Wildman–Crippen LogP) is 2.18. The number of nitrogens with zero attached hydrogens (tertiary/aromatic N) is 1. The van der Waals surface area contributed by atoms with Crippen LogP contribution in [0.4, 0.5) is 0 Å². The summed E-state index contributed by atoms with van der Waals surface area (Å²) < 4.78 is 0. The van der Waals surface area contributed by atoms with E-state index in [2.05, 4.69) is 4.98 Å². The van der Waals surface area contributed by atoms with Crippen LogP contribution in [0.2, 0.25) is 5.02 Å². The molecule has 0 aliphatic carbocycles. The summed E-state index contributed by atoms with van der Waals surface area (Å²) >= 11 is 5.67. The van der Waals surface area contributed by atoms with Crippen LogP contribution in [-0.4, -0.2) is 10.1 Å². The average molecular weight is 172 g/mol. The lowest BCUT2D eigenvalue weighted by atomic mass is 10.1. The van der Waals surface area contributed by atoms with Gasteiger partial charge in [0.15, 0.2) is 0 Å². The van der Waals surface area contributed by atoms with Crippen LogP contribution in [0.25, 0.3) is 0 Å². The van der Waals surface area contributed by atoms with Gasteiger partial charge in [-0.2, -0.15) is 0 Å². The van der Waals surface area contributed by atoms with Crippen molar-refractivity contribution in [3.8, 4) is 0 Å². The molecule has 11 heavy (non-hydrogen) atoms. The number of aliphatic hydroxyl groups is 1. The van der Waals surface area contributed by atoms with E-state index >= 15 is 0 Å². The zero-order valence-corrected chi connectivity index (χ0v) is 7.04. The lowest BCUT2D eigenvalue weighted by molar-refractivity contribution is 0.173. The van der Waals surface area contributed by atoms with Gasteiger partial charge in [0.2, 0.25) is 0 Å². The molecule has 1 N–H and O–H groups in total. The SMILES string of the molecule is CC[C@H](O)c1cncc(Cl)c1. The fourth-order valence-electron chi connectivity index (χ4n) is 0.846. The van der Waals surface area contributed by atoms with Gasteiger partial charge in [0, 0.05) is 18.0 Å². The molecule has 1 aromatic heterocycles. The van der Waals surface area contributed by atoms with E-state index in [1.165, 1.54) is 0 Å². The van der Waals surface area contributed by atoms with Crippen molar-refractivity contribution >= 4 is 11.6 Å². The molecule has 0 saturated heterocycles. The van der Waals surface area contributed by atoms with E-state index < -0.39 is 6.10 Å². The molecule has 0 fully saturated rings. The zero-order valence-electron chi connectivity index (χ0n) is 6.29. The molecule has 0 unspecified atom stereocenters. The van der Waals surface area contributed by atoms with Crippen molar-refractivity contribution < 1.29 is 5.11 Å². The van der Waals surface area contributed by atoms with Gasteiger partial charge >= 0.3 is 0 Å². The largest absolute Gasteiger partial charge is 0.388 e. The number of pyridine rings is 1. The third-order valence-corrected chi connectivity index (χ3v) is 1.70. The molecular formula is C8H10ClNO. The highest BCUT2D eigenvalue weighted by Crippen LogP contribution is 2.17. The second-order valence-electron chi connectivity index (χ2n) is 2.36. The van der Waals surface area contributed by atoms with Gasteiger partial charge in [-0.05, 0) is 12.5 Å². The summed E-state index contributed by atoms with van der Waals surface area (Å²) in [5.74, 6) is 0. The molecular weight excluding hydrogens is 162 g/mol. The van der Waals surface area contributed by atoms with Crippen LogP contribution in [0.15, 0.2) is 18.5 Å². The van der Waals surface area contributed by atoms with E-state index in [1.807, 2.05) is 6.92 Å². The van der Waals surface area contributed by atoms with E-state index in [9.17, 15) is 5.11 Å². The Kier molecular flexibility index (Phi) is 2.85. The molecule has 0 aliphatic heterocycles. The van der Waals surface area contributed by atoms with Gasteiger partial charge in [0.25, 0.3) is 0 Å². The first-order chi connectivity index (χ1) is 5.24. The van der Waals surface area contributed by atoms with E-state index in [1.54, 1.807) is 18.5 Å². The maximum atomic E-state index is 9.36. The normalized spacial score (nSPS) is 13.0. The average Bonchev–Trinajstić information content (AvgIpc) is 2.03. The molecule has 0 radical (unpaired) electrons. The number of halogens is 1. The standard InChI is InChI=1S/C8H10ClNO/c1-2-8(11)6-3-7(9)5-10-4-6/h3-5,8,11H,2H2,1H3/t8-/m0/s1. The smallest absolute Gasteiger partial charge is 0.0802 e. The minimum Gasteiger partial charge on any atom is -0.388 e. The van der Waals surface area contributed by atoms with Crippen LogP contribution in [-0.2, 0) is 0 Å². The molecule has 0 amide bonds. The van der Waals surface area contributed by atoms with Crippen LogP contribution >= 0.6 is 11.6 Å². The molecule has 0 spiro atoms. The first kappa shape index (κ1) is 8.50. The second-order valence-corrected chi connectivity index (χ2v) is 2.80. The van der Waals surface area contributed by atoms with Gasteiger partial charge in [-0.1, -0.05) is 18.5 Å². The molecule has 0 saturated carbocycles. The highest BCUT2D eigenvalue weighted by molar-refractivity contribution is 6.30. The number of hydrogen-bond donors (Lipinski definition) is 1. The van der Waals surface area contributed by atoms with Gasteiger partial charge < -0.3 is 5.11 Å². The molecule has 3 heteroatoms. The minimum atomic E-state index is -0.443. The lowest BCUT2D eigenvalue weighted by Crippen LogP contribution is -1.95. The van der Waals surface area contributed by atoms with E-state index in [0.29, 0.717) is 11.4 Å². The van der Waals surface area contributed by atoms with Crippen molar-refractivity contribution in [3.63, 3.8) is 0 Å². The molecule has 1 atom stereocenters. The molecule has 1 heterocycles. The van der Waals surface area contributed by atoms with Crippen LogP contribution in [0.1, 0.15) is 25.0 Å². The van der Waals surface area contributed by atoms with Crippen LogP contribution in [0.3, 0.4) is 0 Å². The van der Waals surface area contributed by atoms with Crippen molar-refractivity contribution in [1.82, 2.24) is 4.98 Å². The van der Waals surface area contributed by atoms with Crippen molar-refractivity contribution in [2.24, 2.45) is 0 Å². The number of hydrogen-bond acceptors (Lipinski definition) is 2. The minimum absolute atomic E-state index is 0.443.